The van der Waals surface area contributed by atoms with E-state index >= 15 is 0 Å². The number of hydrogen-bond donors (Lipinski definition) is 1. The second-order valence-electron chi connectivity index (χ2n) is 7.55. The topological polar surface area (TPSA) is 76.6 Å². The molecule has 7 nitrogen and oxygen atoms in total. The highest BCUT2D eigenvalue weighted by Crippen LogP contribution is 2.34. The monoisotopic (exact) mass is 406 g/mol. The second-order valence-corrected chi connectivity index (χ2v) is 7.55. The lowest BCUT2D eigenvalue weighted by Crippen LogP contribution is -2.35. The average Bonchev–Trinajstić information content (AvgIpc) is 3.30. The summed E-state index contributed by atoms with van der Waals surface area (Å²) in [5.74, 6) is 1.19. The number of amides is 1. The molecule has 0 radical (unpaired) electrons. The van der Waals surface area contributed by atoms with Gasteiger partial charge in [0.2, 0.25) is 5.95 Å². The summed E-state index contributed by atoms with van der Waals surface area (Å²) in [4.78, 5) is 22.9. The van der Waals surface area contributed by atoms with Crippen molar-refractivity contribution in [2.24, 2.45) is 0 Å². The van der Waals surface area contributed by atoms with E-state index in [-0.39, 0.29) is 18.6 Å². The Labute approximate surface area is 176 Å². The van der Waals surface area contributed by atoms with Gasteiger partial charge in [0.05, 0.1) is 6.10 Å². The lowest BCUT2D eigenvalue weighted by atomic mass is 9.99. The van der Waals surface area contributed by atoms with E-state index in [0.29, 0.717) is 18.2 Å². The predicted octanol–water partition coefficient (Wildman–Crippen LogP) is 3.04. The van der Waals surface area contributed by atoms with Crippen LogP contribution in [0.25, 0.3) is 21.9 Å². The lowest BCUT2D eigenvalue weighted by Gasteiger charge is -2.14. The number of fused-ring (bicyclic) bond motifs is 1. The third-order valence-electron chi connectivity index (χ3n) is 5.14. The van der Waals surface area contributed by atoms with Crippen molar-refractivity contribution in [2.45, 2.75) is 18.9 Å². The van der Waals surface area contributed by atoms with Crippen LogP contribution < -0.4 is 15.0 Å². The van der Waals surface area contributed by atoms with Crippen LogP contribution in [0.3, 0.4) is 0 Å². The first-order valence-electron chi connectivity index (χ1n) is 10.1. The van der Waals surface area contributed by atoms with E-state index < -0.39 is 0 Å². The van der Waals surface area contributed by atoms with Gasteiger partial charge in [-0.25, -0.2) is 9.97 Å². The van der Waals surface area contributed by atoms with Crippen molar-refractivity contribution < 1.29 is 14.3 Å². The number of carbonyl (C=O) groups is 1. The number of nitrogens with zero attached hydrogens (tertiary/aromatic N) is 3. The molecule has 1 saturated heterocycles. The van der Waals surface area contributed by atoms with Crippen LogP contribution in [0.2, 0.25) is 0 Å². The summed E-state index contributed by atoms with van der Waals surface area (Å²) in [5.41, 5.74) is 1.95. The largest absolute Gasteiger partial charge is 0.483 e. The van der Waals surface area contributed by atoms with Crippen LogP contribution in [0.5, 0.6) is 5.75 Å². The molecular weight excluding hydrogens is 380 g/mol. The first-order valence-corrected chi connectivity index (χ1v) is 10.1. The Morgan fingerprint density at radius 2 is 1.93 bits per heavy atom. The van der Waals surface area contributed by atoms with Crippen LogP contribution in [0.1, 0.15) is 12.8 Å². The van der Waals surface area contributed by atoms with E-state index in [2.05, 4.69) is 15.3 Å². The van der Waals surface area contributed by atoms with Crippen LogP contribution in [-0.2, 0) is 9.53 Å². The van der Waals surface area contributed by atoms with E-state index in [1.54, 1.807) is 0 Å². The number of rotatable bonds is 7. The van der Waals surface area contributed by atoms with Crippen LogP contribution >= 0.6 is 0 Å². The molecule has 3 aromatic rings. The summed E-state index contributed by atoms with van der Waals surface area (Å²) in [6.45, 7) is 1.28. The van der Waals surface area contributed by atoms with Crippen LogP contribution in [0, 0.1) is 0 Å². The highest BCUT2D eigenvalue weighted by atomic mass is 16.5. The molecule has 1 amide bonds. The molecule has 0 spiro atoms. The van der Waals surface area contributed by atoms with Crippen molar-refractivity contribution in [2.75, 3.05) is 38.8 Å². The van der Waals surface area contributed by atoms with Crippen molar-refractivity contribution in [3.05, 3.63) is 48.8 Å². The number of anilines is 1. The van der Waals surface area contributed by atoms with Crippen molar-refractivity contribution >= 4 is 22.6 Å². The van der Waals surface area contributed by atoms with Gasteiger partial charge >= 0.3 is 0 Å². The molecule has 1 N–H and O–H groups in total. The fraction of sp³-hybridized carbons (Fsp3) is 0.348. The van der Waals surface area contributed by atoms with Crippen LogP contribution in [-0.4, -0.2) is 55.8 Å². The molecule has 30 heavy (non-hydrogen) atoms. The Morgan fingerprint density at radius 1 is 1.17 bits per heavy atom. The Bertz CT molecular complexity index is 1010. The normalized spacial score (nSPS) is 15.9. The molecule has 1 unspecified atom stereocenters. The smallest absolute Gasteiger partial charge is 0.258 e. The molecular formula is C23H26N4O3. The molecule has 1 atom stereocenters. The quantitative estimate of drug-likeness (QED) is 0.650. The molecule has 1 aromatic heterocycles. The van der Waals surface area contributed by atoms with Crippen LogP contribution in [0.15, 0.2) is 48.8 Å². The van der Waals surface area contributed by atoms with Gasteiger partial charge in [-0.2, -0.15) is 0 Å². The number of benzene rings is 2. The molecule has 0 saturated carbocycles. The highest BCUT2D eigenvalue weighted by Gasteiger charge is 2.16. The first kappa shape index (κ1) is 20.1. The highest BCUT2D eigenvalue weighted by molar-refractivity contribution is 6.00. The zero-order valence-electron chi connectivity index (χ0n) is 17.3. The average molecular weight is 406 g/mol. The van der Waals surface area contributed by atoms with Crippen molar-refractivity contribution in [1.82, 2.24) is 15.3 Å². The maximum Gasteiger partial charge on any atom is 0.258 e. The van der Waals surface area contributed by atoms with Gasteiger partial charge in [0.15, 0.2) is 6.61 Å². The van der Waals surface area contributed by atoms with Gasteiger partial charge in [-0.15, -0.1) is 0 Å². The molecule has 1 aliphatic rings. The maximum atomic E-state index is 12.2. The third kappa shape index (κ3) is 4.52. The van der Waals surface area contributed by atoms with E-state index in [0.717, 1.165) is 41.3 Å². The Kier molecular flexibility index (Phi) is 6.09. The summed E-state index contributed by atoms with van der Waals surface area (Å²) in [7, 11) is 3.82. The molecule has 2 heterocycles. The maximum absolute atomic E-state index is 12.2. The Balaban J connectivity index is 1.50. The fourth-order valence-electron chi connectivity index (χ4n) is 3.57. The summed E-state index contributed by atoms with van der Waals surface area (Å²) in [6, 6.07) is 11.9. The fourth-order valence-corrected chi connectivity index (χ4v) is 3.57. The molecule has 2 aromatic carbocycles. The number of ether oxygens (including phenoxy) is 2. The number of carbonyl (C=O) groups excluding carboxylic acids is 1. The van der Waals surface area contributed by atoms with Crippen molar-refractivity contribution in [3.63, 3.8) is 0 Å². The van der Waals surface area contributed by atoms with Gasteiger partial charge in [-0.3, -0.25) is 4.79 Å². The van der Waals surface area contributed by atoms with Gasteiger partial charge in [0.25, 0.3) is 5.91 Å². The third-order valence-corrected chi connectivity index (χ3v) is 5.14. The Hall–Kier alpha value is -3.19. The van der Waals surface area contributed by atoms with Gasteiger partial charge in [0, 0.05) is 50.6 Å². The van der Waals surface area contributed by atoms with Gasteiger partial charge < -0.3 is 19.7 Å². The van der Waals surface area contributed by atoms with Crippen molar-refractivity contribution in [1.29, 1.82) is 0 Å². The van der Waals surface area contributed by atoms with E-state index in [4.69, 9.17) is 9.47 Å². The first-order chi connectivity index (χ1) is 14.6. The minimum absolute atomic E-state index is 0.0310. The standard InChI is InChI=1S/C23H26N4O3/c1-27(2)23-25-12-16(13-26-23)18-9-10-21(20-8-4-3-7-19(18)20)30-15-22(28)24-14-17-6-5-11-29-17/h3-4,7-10,12-13,17H,5-6,11,14-15H2,1-2H3,(H,24,28). The minimum atomic E-state index is -0.147. The van der Waals surface area contributed by atoms with E-state index in [1.807, 2.05) is 67.8 Å². The molecule has 156 valence electrons. The predicted molar refractivity (Wildman–Crippen MR) is 117 cm³/mol. The van der Waals surface area contributed by atoms with Crippen molar-refractivity contribution in [3.8, 4) is 16.9 Å². The summed E-state index contributed by atoms with van der Waals surface area (Å²) >= 11 is 0. The lowest BCUT2D eigenvalue weighted by molar-refractivity contribution is -0.123. The summed E-state index contributed by atoms with van der Waals surface area (Å²) in [6.07, 6.45) is 5.81. The number of aromatic nitrogens is 2. The van der Waals surface area contributed by atoms with Gasteiger partial charge in [-0.05, 0) is 35.9 Å². The van der Waals surface area contributed by atoms with Gasteiger partial charge in [0.1, 0.15) is 5.75 Å². The second kappa shape index (κ2) is 9.09. The zero-order chi connectivity index (χ0) is 20.9. The summed E-state index contributed by atoms with van der Waals surface area (Å²) in [5, 5.41) is 4.85. The van der Waals surface area contributed by atoms with Crippen LogP contribution in [0.4, 0.5) is 5.95 Å². The molecule has 1 aliphatic heterocycles. The molecule has 1 fully saturated rings. The van der Waals surface area contributed by atoms with Gasteiger partial charge in [-0.1, -0.05) is 24.3 Å². The molecule has 4 rings (SSSR count). The molecule has 7 heteroatoms. The Morgan fingerprint density at radius 3 is 2.63 bits per heavy atom. The minimum Gasteiger partial charge on any atom is -0.483 e. The number of nitrogens with one attached hydrogen (secondary N) is 1. The van der Waals surface area contributed by atoms with E-state index in [1.165, 1.54) is 0 Å². The zero-order valence-corrected chi connectivity index (χ0v) is 17.3. The number of hydrogen-bond acceptors (Lipinski definition) is 6. The summed E-state index contributed by atoms with van der Waals surface area (Å²) < 4.78 is 11.4. The van der Waals surface area contributed by atoms with E-state index in [9.17, 15) is 4.79 Å². The molecule has 0 bridgehead atoms. The SMILES string of the molecule is CN(C)c1ncc(-c2ccc(OCC(=O)NCC3CCCO3)c3ccccc23)cn1. The molecule has 0 aliphatic carbocycles.